The van der Waals surface area contributed by atoms with Crippen molar-refractivity contribution in [3.63, 3.8) is 0 Å². The highest BCUT2D eigenvalue weighted by Gasteiger charge is 2.20. The zero-order valence-electron chi connectivity index (χ0n) is 11.8. The molecule has 1 aromatic heterocycles. The van der Waals surface area contributed by atoms with Crippen LogP contribution < -0.4 is 15.4 Å². The number of nitrogens with two attached hydrogens (primary N) is 1. The van der Waals surface area contributed by atoms with Gasteiger partial charge in [-0.1, -0.05) is 0 Å². The van der Waals surface area contributed by atoms with Gasteiger partial charge in [-0.3, -0.25) is 5.10 Å². The molecule has 3 rings (SSSR count). The lowest BCUT2D eigenvalue weighted by Gasteiger charge is -2.28. The molecule has 1 fully saturated rings. The molecule has 0 amide bonds. The van der Waals surface area contributed by atoms with Crippen molar-refractivity contribution in [1.82, 2.24) is 15.2 Å². The van der Waals surface area contributed by atoms with Crippen LogP contribution in [0.1, 0.15) is 12.8 Å². The molecule has 0 radical (unpaired) electrons. The van der Waals surface area contributed by atoms with Crippen LogP contribution in [0.25, 0.3) is 11.4 Å². The van der Waals surface area contributed by atoms with E-state index in [0.717, 1.165) is 25.9 Å². The maximum atomic E-state index is 14.0. The van der Waals surface area contributed by atoms with Crippen LogP contribution in [0.2, 0.25) is 0 Å². The van der Waals surface area contributed by atoms with E-state index in [4.69, 9.17) is 10.5 Å². The van der Waals surface area contributed by atoms with Crippen LogP contribution in [0.5, 0.6) is 5.75 Å². The van der Waals surface area contributed by atoms with E-state index in [9.17, 15) is 4.39 Å². The molecular formula is C14H18FN5O. The van der Waals surface area contributed by atoms with Crippen LogP contribution in [-0.4, -0.2) is 41.4 Å². The summed E-state index contributed by atoms with van der Waals surface area (Å²) in [5, 5.41) is 6.97. The first-order valence-corrected chi connectivity index (χ1v) is 6.94. The van der Waals surface area contributed by atoms with E-state index in [-0.39, 0.29) is 6.04 Å². The van der Waals surface area contributed by atoms with E-state index in [2.05, 4.69) is 20.1 Å². The molecule has 0 spiro atoms. The fourth-order valence-corrected chi connectivity index (χ4v) is 2.43. The fraction of sp³-hybridized carbons (Fsp3) is 0.429. The number of halogens is 1. The molecular weight excluding hydrogens is 273 g/mol. The van der Waals surface area contributed by atoms with E-state index in [1.807, 2.05) is 0 Å². The van der Waals surface area contributed by atoms with Gasteiger partial charge < -0.3 is 15.4 Å². The normalized spacial score (nSPS) is 16.2. The number of hydrogen-bond acceptors (Lipinski definition) is 5. The van der Waals surface area contributed by atoms with Crippen LogP contribution in [-0.2, 0) is 0 Å². The maximum Gasteiger partial charge on any atom is 0.245 e. The lowest BCUT2D eigenvalue weighted by atomic mass is 10.1. The number of aromatic nitrogens is 3. The van der Waals surface area contributed by atoms with Crippen LogP contribution in [0.3, 0.4) is 0 Å². The molecule has 2 heterocycles. The lowest BCUT2D eigenvalue weighted by Crippen LogP contribution is -2.40. The van der Waals surface area contributed by atoms with Gasteiger partial charge in [0.05, 0.1) is 12.7 Å². The average Bonchev–Trinajstić information content (AvgIpc) is 2.97. The maximum absolute atomic E-state index is 14.0. The van der Waals surface area contributed by atoms with Crippen LogP contribution in [0.15, 0.2) is 18.2 Å². The highest BCUT2D eigenvalue weighted by molar-refractivity contribution is 5.58. The molecule has 21 heavy (non-hydrogen) atoms. The number of piperidine rings is 1. The Hall–Kier alpha value is -2.15. The Morgan fingerprint density at radius 3 is 2.81 bits per heavy atom. The van der Waals surface area contributed by atoms with E-state index in [0.29, 0.717) is 23.1 Å². The Labute approximate surface area is 122 Å². The molecule has 1 aromatic carbocycles. The minimum Gasteiger partial charge on any atom is -0.497 e. The number of anilines is 1. The monoisotopic (exact) mass is 291 g/mol. The first-order valence-electron chi connectivity index (χ1n) is 6.94. The van der Waals surface area contributed by atoms with Crippen molar-refractivity contribution in [3.05, 3.63) is 24.0 Å². The molecule has 0 unspecified atom stereocenters. The quantitative estimate of drug-likeness (QED) is 0.897. The summed E-state index contributed by atoms with van der Waals surface area (Å²) in [7, 11) is 1.50. The number of hydrogen-bond donors (Lipinski definition) is 2. The molecule has 0 saturated carbocycles. The Kier molecular flexibility index (Phi) is 3.74. The summed E-state index contributed by atoms with van der Waals surface area (Å²) in [6.45, 7) is 1.65. The summed E-state index contributed by atoms with van der Waals surface area (Å²) in [5.74, 6) is 1.09. The predicted molar refractivity (Wildman–Crippen MR) is 77.8 cm³/mol. The third-order valence-electron chi connectivity index (χ3n) is 3.73. The minimum atomic E-state index is -0.391. The zero-order chi connectivity index (χ0) is 14.8. The van der Waals surface area contributed by atoms with Gasteiger partial charge in [0.1, 0.15) is 11.6 Å². The van der Waals surface area contributed by atoms with Gasteiger partial charge in [-0.15, -0.1) is 5.10 Å². The average molecular weight is 291 g/mol. The first-order chi connectivity index (χ1) is 10.2. The van der Waals surface area contributed by atoms with Crippen molar-refractivity contribution >= 4 is 5.95 Å². The van der Waals surface area contributed by atoms with E-state index in [1.165, 1.54) is 13.2 Å². The summed E-state index contributed by atoms with van der Waals surface area (Å²) >= 11 is 0. The molecule has 2 aromatic rings. The second-order valence-corrected chi connectivity index (χ2v) is 5.15. The summed E-state index contributed by atoms with van der Waals surface area (Å²) < 4.78 is 19.0. The Bertz CT molecular complexity index is 622. The second kappa shape index (κ2) is 5.69. The number of methoxy groups -OCH3 is 1. The third kappa shape index (κ3) is 2.82. The van der Waals surface area contributed by atoms with Gasteiger partial charge in [-0.05, 0) is 25.0 Å². The van der Waals surface area contributed by atoms with Crippen molar-refractivity contribution in [2.45, 2.75) is 18.9 Å². The zero-order valence-corrected chi connectivity index (χ0v) is 11.8. The van der Waals surface area contributed by atoms with Crippen LogP contribution >= 0.6 is 0 Å². The SMILES string of the molecule is COc1ccc(-c2nc(N3CCC(N)CC3)n[nH]2)c(F)c1. The molecule has 112 valence electrons. The van der Waals surface area contributed by atoms with Gasteiger partial charge in [0.25, 0.3) is 0 Å². The molecule has 3 N–H and O–H groups in total. The standard InChI is InChI=1S/C14H18FN5O/c1-21-10-2-3-11(12(15)8-10)13-17-14(19-18-13)20-6-4-9(16)5-7-20/h2-3,8-9H,4-7,16H2,1H3,(H,17,18,19). The molecule has 1 aliphatic rings. The molecule has 0 atom stereocenters. The lowest BCUT2D eigenvalue weighted by molar-refractivity contribution is 0.411. The van der Waals surface area contributed by atoms with Crippen LogP contribution in [0.4, 0.5) is 10.3 Å². The topological polar surface area (TPSA) is 80.1 Å². The molecule has 0 aliphatic carbocycles. The van der Waals surface area contributed by atoms with Gasteiger partial charge >= 0.3 is 0 Å². The Morgan fingerprint density at radius 1 is 1.38 bits per heavy atom. The van der Waals surface area contributed by atoms with Crippen molar-refractivity contribution < 1.29 is 9.13 Å². The smallest absolute Gasteiger partial charge is 0.245 e. The fourth-order valence-electron chi connectivity index (χ4n) is 2.43. The number of aromatic amines is 1. The number of rotatable bonds is 3. The largest absolute Gasteiger partial charge is 0.497 e. The van der Waals surface area contributed by atoms with E-state index in [1.54, 1.807) is 12.1 Å². The summed E-state index contributed by atoms with van der Waals surface area (Å²) in [5.41, 5.74) is 6.26. The third-order valence-corrected chi connectivity index (χ3v) is 3.73. The molecule has 1 aliphatic heterocycles. The molecule has 0 bridgehead atoms. The van der Waals surface area contributed by atoms with E-state index < -0.39 is 5.82 Å². The van der Waals surface area contributed by atoms with Gasteiger partial charge in [-0.2, -0.15) is 4.98 Å². The van der Waals surface area contributed by atoms with Gasteiger partial charge in [0.2, 0.25) is 5.95 Å². The number of nitrogens with zero attached hydrogens (tertiary/aromatic N) is 3. The van der Waals surface area contributed by atoms with Crippen molar-refractivity contribution in [3.8, 4) is 17.1 Å². The second-order valence-electron chi connectivity index (χ2n) is 5.15. The Morgan fingerprint density at radius 2 is 2.14 bits per heavy atom. The van der Waals surface area contributed by atoms with Crippen molar-refractivity contribution in [1.29, 1.82) is 0 Å². The summed E-state index contributed by atoms with van der Waals surface area (Å²) in [4.78, 5) is 6.44. The number of H-pyrrole nitrogens is 1. The van der Waals surface area contributed by atoms with Crippen molar-refractivity contribution in [2.24, 2.45) is 5.73 Å². The van der Waals surface area contributed by atoms with Crippen LogP contribution in [0, 0.1) is 5.82 Å². The highest BCUT2D eigenvalue weighted by Crippen LogP contribution is 2.25. The van der Waals surface area contributed by atoms with Gasteiger partial charge in [0.15, 0.2) is 5.82 Å². The van der Waals surface area contributed by atoms with Gasteiger partial charge in [-0.25, -0.2) is 4.39 Å². The molecule has 7 heteroatoms. The molecule has 1 saturated heterocycles. The summed E-state index contributed by atoms with van der Waals surface area (Å²) in [6, 6.07) is 4.90. The first kappa shape index (κ1) is 13.8. The predicted octanol–water partition coefficient (Wildman–Crippen LogP) is 1.55. The number of ether oxygens (including phenoxy) is 1. The summed E-state index contributed by atoms with van der Waals surface area (Å²) in [6.07, 6.45) is 1.83. The number of nitrogens with one attached hydrogen (secondary N) is 1. The van der Waals surface area contributed by atoms with Crippen molar-refractivity contribution in [2.75, 3.05) is 25.1 Å². The minimum absolute atomic E-state index is 0.249. The Balaban J connectivity index is 1.81. The van der Waals surface area contributed by atoms with Gasteiger partial charge in [0, 0.05) is 25.2 Å². The number of benzene rings is 1. The van der Waals surface area contributed by atoms with E-state index >= 15 is 0 Å². The molecule has 6 nitrogen and oxygen atoms in total. The highest BCUT2D eigenvalue weighted by atomic mass is 19.1.